The number of carbonyl (C=O) groups is 4. The fourth-order valence-corrected chi connectivity index (χ4v) is 3.80. The van der Waals surface area contributed by atoms with Gasteiger partial charge in [0.05, 0.1) is 0 Å². The van der Waals surface area contributed by atoms with E-state index in [1.165, 1.54) is 0 Å². The smallest absolute Gasteiger partial charge is 0.475 e. The number of amides is 3. The molecule has 0 heterocycles. The molecule has 3 rings (SSSR count). The fourth-order valence-electron chi connectivity index (χ4n) is 3.80. The molecular formula is C30H33F3N6O5. The Balaban J connectivity index is 0.000000860. The number of nitrogens with zero attached hydrogens (tertiary/aromatic N) is 1. The summed E-state index contributed by atoms with van der Waals surface area (Å²) < 4.78 is 31.7. The standard InChI is InChI=1S/C28H32N6O3.C2HF3O2/c29-25(35)24(18-19-8-3-1-4-9-19)34-27(37)23(12-7-17-32-28(30)31)33-26(36)22-15-13-21(14-16-22)20-10-5-2-6-11-20;3-2(4,5)1(6)7/h1-6,8-11,13-16,23-24H,7,12,17-18H2,(H2,29,35)(H,33,36)(H,34,37)(H4,30,31,32);(H,6,7)/t23-,24-;/m0./s1. The normalized spacial score (nSPS) is 12.0. The molecule has 3 aromatic carbocycles. The second kappa shape index (κ2) is 16.9. The van der Waals surface area contributed by atoms with Crippen LogP contribution in [0.25, 0.3) is 11.1 Å². The molecule has 14 heteroatoms. The van der Waals surface area contributed by atoms with Gasteiger partial charge in [0.1, 0.15) is 12.1 Å². The minimum absolute atomic E-state index is 0.0554. The van der Waals surface area contributed by atoms with Crippen molar-refractivity contribution in [2.24, 2.45) is 22.2 Å². The number of alkyl halides is 3. The number of aliphatic carboxylic acids is 1. The summed E-state index contributed by atoms with van der Waals surface area (Å²) in [6.45, 7) is 0.289. The van der Waals surface area contributed by atoms with Crippen molar-refractivity contribution in [2.75, 3.05) is 6.54 Å². The number of primary amides is 1. The molecule has 44 heavy (non-hydrogen) atoms. The Morgan fingerprint density at radius 1 is 0.773 bits per heavy atom. The van der Waals surface area contributed by atoms with Crippen LogP contribution in [0.4, 0.5) is 13.2 Å². The Morgan fingerprint density at radius 2 is 1.30 bits per heavy atom. The first kappa shape index (κ1) is 34.8. The largest absolute Gasteiger partial charge is 0.490 e. The maximum Gasteiger partial charge on any atom is 0.490 e. The van der Waals surface area contributed by atoms with E-state index in [0.717, 1.165) is 16.7 Å². The van der Waals surface area contributed by atoms with Gasteiger partial charge in [0.15, 0.2) is 5.96 Å². The van der Waals surface area contributed by atoms with E-state index in [1.807, 2.05) is 72.8 Å². The second-order valence-electron chi connectivity index (χ2n) is 9.37. The van der Waals surface area contributed by atoms with Crippen LogP contribution >= 0.6 is 0 Å². The first-order valence-electron chi connectivity index (χ1n) is 13.2. The molecule has 0 aliphatic heterocycles. The lowest BCUT2D eigenvalue weighted by atomic mass is 10.0. The van der Waals surface area contributed by atoms with Crippen molar-refractivity contribution in [1.29, 1.82) is 0 Å². The van der Waals surface area contributed by atoms with Crippen LogP contribution in [0.1, 0.15) is 28.8 Å². The zero-order valence-electron chi connectivity index (χ0n) is 23.5. The van der Waals surface area contributed by atoms with Crippen LogP contribution in [0.15, 0.2) is 89.9 Å². The zero-order chi connectivity index (χ0) is 32.7. The average Bonchev–Trinajstić information content (AvgIpc) is 2.99. The summed E-state index contributed by atoms with van der Waals surface area (Å²) in [7, 11) is 0. The number of nitrogens with two attached hydrogens (primary N) is 3. The van der Waals surface area contributed by atoms with Gasteiger partial charge in [-0.25, -0.2) is 4.79 Å². The van der Waals surface area contributed by atoms with E-state index in [-0.39, 0.29) is 25.3 Å². The quantitative estimate of drug-likeness (QED) is 0.102. The lowest BCUT2D eigenvalue weighted by molar-refractivity contribution is -0.192. The van der Waals surface area contributed by atoms with Crippen LogP contribution in [0.3, 0.4) is 0 Å². The first-order chi connectivity index (χ1) is 20.8. The first-order valence-corrected chi connectivity index (χ1v) is 13.2. The third-order valence-corrected chi connectivity index (χ3v) is 6.01. The molecule has 0 spiro atoms. The lowest BCUT2D eigenvalue weighted by Gasteiger charge is -2.22. The van der Waals surface area contributed by atoms with E-state index >= 15 is 0 Å². The summed E-state index contributed by atoms with van der Waals surface area (Å²) in [6, 6.07) is 24.3. The van der Waals surface area contributed by atoms with Crippen LogP contribution < -0.4 is 27.8 Å². The van der Waals surface area contributed by atoms with Gasteiger partial charge in [0.25, 0.3) is 5.91 Å². The van der Waals surface area contributed by atoms with Crippen LogP contribution in [0.2, 0.25) is 0 Å². The third-order valence-electron chi connectivity index (χ3n) is 6.01. The highest BCUT2D eigenvalue weighted by molar-refractivity contribution is 5.98. The lowest BCUT2D eigenvalue weighted by Crippen LogP contribution is -2.53. The number of halogens is 3. The SMILES string of the molecule is NC(=O)[C@H](Cc1ccccc1)NC(=O)[C@H](CCCN=C(N)N)NC(=O)c1ccc(-c2ccccc2)cc1.O=C(O)C(F)(F)F. The number of rotatable bonds is 12. The van der Waals surface area contributed by atoms with Crippen molar-refractivity contribution in [3.05, 3.63) is 96.1 Å². The van der Waals surface area contributed by atoms with E-state index in [9.17, 15) is 27.6 Å². The Labute approximate surface area is 251 Å². The highest BCUT2D eigenvalue weighted by atomic mass is 19.4. The molecule has 0 unspecified atom stereocenters. The van der Waals surface area contributed by atoms with Crippen molar-refractivity contribution < 1.29 is 37.5 Å². The van der Waals surface area contributed by atoms with E-state index in [1.54, 1.807) is 12.1 Å². The number of nitrogens with one attached hydrogen (secondary N) is 2. The molecule has 0 aromatic heterocycles. The van der Waals surface area contributed by atoms with E-state index < -0.39 is 42.0 Å². The molecular weight excluding hydrogens is 581 g/mol. The highest BCUT2D eigenvalue weighted by Gasteiger charge is 2.38. The number of aliphatic imine (C=N–C) groups is 1. The predicted molar refractivity (Wildman–Crippen MR) is 158 cm³/mol. The van der Waals surface area contributed by atoms with Crippen LogP contribution in [0, 0.1) is 0 Å². The average molecular weight is 615 g/mol. The molecule has 0 fully saturated rings. The van der Waals surface area contributed by atoms with Gasteiger partial charge in [-0.05, 0) is 41.7 Å². The number of hydrogen-bond acceptors (Lipinski definition) is 5. The molecule has 3 aromatic rings. The van der Waals surface area contributed by atoms with Gasteiger partial charge < -0.3 is 32.9 Å². The maximum absolute atomic E-state index is 13.2. The molecule has 0 saturated carbocycles. The van der Waals surface area contributed by atoms with Crippen LogP contribution in [-0.2, 0) is 20.8 Å². The Kier molecular flexibility index (Phi) is 13.4. The summed E-state index contributed by atoms with van der Waals surface area (Å²) in [6.07, 6.45) is -4.16. The summed E-state index contributed by atoms with van der Waals surface area (Å²) in [5.41, 5.74) is 19.6. The van der Waals surface area contributed by atoms with Gasteiger partial charge in [-0.1, -0.05) is 72.8 Å². The topological polar surface area (TPSA) is 203 Å². The number of guanidine groups is 1. The summed E-state index contributed by atoms with van der Waals surface area (Å²) >= 11 is 0. The van der Waals surface area contributed by atoms with Gasteiger partial charge in [-0.2, -0.15) is 13.2 Å². The third kappa shape index (κ3) is 12.2. The number of benzene rings is 3. The van der Waals surface area contributed by atoms with Crippen molar-refractivity contribution in [2.45, 2.75) is 37.5 Å². The molecule has 0 radical (unpaired) electrons. The molecule has 0 saturated heterocycles. The van der Waals surface area contributed by atoms with E-state index in [4.69, 9.17) is 27.1 Å². The summed E-state index contributed by atoms with van der Waals surface area (Å²) in [5, 5.41) is 12.6. The molecule has 0 aliphatic rings. The van der Waals surface area contributed by atoms with E-state index in [2.05, 4.69) is 15.6 Å². The Hall–Kier alpha value is -5.40. The number of carboxylic acids is 1. The molecule has 234 valence electrons. The number of carboxylic acid groups (broad SMARTS) is 1. The fraction of sp³-hybridized carbons (Fsp3) is 0.233. The van der Waals surface area contributed by atoms with Crippen molar-refractivity contribution >= 4 is 29.7 Å². The summed E-state index contributed by atoms with van der Waals surface area (Å²) in [4.78, 5) is 51.1. The van der Waals surface area contributed by atoms with Gasteiger partial charge >= 0.3 is 12.1 Å². The molecule has 2 atom stereocenters. The maximum atomic E-state index is 13.2. The van der Waals surface area contributed by atoms with Gasteiger partial charge in [-0.15, -0.1) is 0 Å². The van der Waals surface area contributed by atoms with Gasteiger partial charge in [-0.3, -0.25) is 19.4 Å². The molecule has 3 amide bonds. The monoisotopic (exact) mass is 614 g/mol. The molecule has 0 bridgehead atoms. The minimum Gasteiger partial charge on any atom is -0.475 e. The minimum atomic E-state index is -5.08. The highest BCUT2D eigenvalue weighted by Crippen LogP contribution is 2.19. The van der Waals surface area contributed by atoms with Crippen LogP contribution in [0.5, 0.6) is 0 Å². The predicted octanol–water partition coefficient (Wildman–Crippen LogP) is 2.35. The summed E-state index contributed by atoms with van der Waals surface area (Å²) in [5.74, 6) is -4.41. The Morgan fingerprint density at radius 3 is 1.80 bits per heavy atom. The van der Waals surface area contributed by atoms with Gasteiger partial charge in [0, 0.05) is 18.5 Å². The van der Waals surface area contributed by atoms with Crippen LogP contribution in [-0.4, -0.2) is 59.6 Å². The van der Waals surface area contributed by atoms with Crippen molar-refractivity contribution in [1.82, 2.24) is 10.6 Å². The molecule has 0 aliphatic carbocycles. The molecule has 11 nitrogen and oxygen atoms in total. The second-order valence-corrected chi connectivity index (χ2v) is 9.37. The van der Waals surface area contributed by atoms with Crippen molar-refractivity contribution in [3.8, 4) is 11.1 Å². The number of carbonyl (C=O) groups excluding carboxylic acids is 3. The van der Waals surface area contributed by atoms with Crippen molar-refractivity contribution in [3.63, 3.8) is 0 Å². The molecule has 9 N–H and O–H groups in total. The van der Waals surface area contributed by atoms with E-state index in [0.29, 0.717) is 12.0 Å². The number of hydrogen-bond donors (Lipinski definition) is 6. The van der Waals surface area contributed by atoms with Gasteiger partial charge in [0.2, 0.25) is 11.8 Å². The Bertz CT molecular complexity index is 1410. The zero-order valence-corrected chi connectivity index (χ0v) is 23.5.